The third kappa shape index (κ3) is 4.76. The fourth-order valence-corrected chi connectivity index (χ4v) is 3.27. The Hall–Kier alpha value is -3.16. The number of hydrogen-bond acceptors (Lipinski definition) is 4. The molecule has 1 saturated heterocycles. The smallest absolute Gasteiger partial charge is 0.271 e. The summed E-state index contributed by atoms with van der Waals surface area (Å²) < 4.78 is 1.37. The zero-order chi connectivity index (χ0) is 19.9. The van der Waals surface area contributed by atoms with Crippen molar-refractivity contribution in [1.29, 1.82) is 0 Å². The van der Waals surface area contributed by atoms with Crippen molar-refractivity contribution in [1.82, 2.24) is 20.0 Å². The monoisotopic (exact) mass is 383 g/mol. The summed E-state index contributed by atoms with van der Waals surface area (Å²) in [6.45, 7) is 1.84. The lowest BCUT2D eigenvalue weighted by atomic mass is 10.2. The van der Waals surface area contributed by atoms with Crippen molar-refractivity contribution in [2.45, 2.75) is 32.1 Å². The van der Waals surface area contributed by atoms with Crippen LogP contribution in [0, 0.1) is 0 Å². The van der Waals surface area contributed by atoms with E-state index in [1.165, 1.54) is 10.7 Å². The van der Waals surface area contributed by atoms with Gasteiger partial charge in [-0.15, -0.1) is 0 Å². The van der Waals surface area contributed by atoms with E-state index in [9.17, 15) is 14.4 Å². The van der Waals surface area contributed by atoms with Gasteiger partial charge in [0, 0.05) is 32.1 Å². The van der Waals surface area contributed by atoms with Gasteiger partial charge in [-0.05, 0) is 31.4 Å². The van der Waals surface area contributed by atoms with E-state index >= 15 is 0 Å². The van der Waals surface area contributed by atoms with Crippen molar-refractivity contribution in [2.75, 3.05) is 19.6 Å². The van der Waals surface area contributed by atoms with Crippen molar-refractivity contribution < 1.29 is 14.4 Å². The van der Waals surface area contributed by atoms with Gasteiger partial charge in [0.05, 0.1) is 5.69 Å². The van der Waals surface area contributed by atoms with Gasteiger partial charge in [-0.3, -0.25) is 14.4 Å². The lowest BCUT2D eigenvalue weighted by molar-refractivity contribution is -0.130. The molecule has 0 unspecified atom stereocenters. The second kappa shape index (κ2) is 9.16. The molecule has 0 aliphatic carbocycles. The maximum Gasteiger partial charge on any atom is 0.271 e. The highest BCUT2D eigenvalue weighted by molar-refractivity contribution is 5.97. The van der Waals surface area contributed by atoms with Crippen LogP contribution >= 0.6 is 0 Å². The minimum Gasteiger partial charge on any atom is -0.364 e. The number of likely N-dealkylation sites (tertiary alicyclic amines) is 1. The molecule has 3 amide bonds. The van der Waals surface area contributed by atoms with Crippen LogP contribution in [-0.2, 0) is 4.79 Å². The molecule has 1 aliphatic rings. The Morgan fingerprint density at radius 2 is 1.93 bits per heavy atom. The summed E-state index contributed by atoms with van der Waals surface area (Å²) in [5, 5.41) is 7.03. The van der Waals surface area contributed by atoms with Gasteiger partial charge in [0.25, 0.3) is 11.8 Å². The Labute approximate surface area is 163 Å². The first-order valence-corrected chi connectivity index (χ1v) is 9.57. The number of benzene rings is 1. The highest BCUT2D eigenvalue weighted by Gasteiger charge is 2.19. The predicted octanol–water partition coefficient (Wildman–Crippen LogP) is 1.49. The van der Waals surface area contributed by atoms with Gasteiger partial charge < -0.3 is 16.0 Å². The number of nitrogens with zero attached hydrogens (tertiary/aromatic N) is 3. The molecule has 1 aromatic heterocycles. The van der Waals surface area contributed by atoms with Gasteiger partial charge in [0.2, 0.25) is 5.91 Å². The van der Waals surface area contributed by atoms with Crippen LogP contribution < -0.4 is 11.1 Å². The molecule has 2 heterocycles. The van der Waals surface area contributed by atoms with Crippen LogP contribution in [0.15, 0.2) is 36.4 Å². The summed E-state index contributed by atoms with van der Waals surface area (Å²) in [6, 6.07) is 10.4. The molecule has 3 N–H and O–H groups in total. The van der Waals surface area contributed by atoms with E-state index < -0.39 is 5.91 Å². The molecule has 1 aromatic carbocycles. The Bertz CT molecular complexity index is 847. The predicted molar refractivity (Wildman–Crippen MR) is 104 cm³/mol. The zero-order valence-corrected chi connectivity index (χ0v) is 15.8. The van der Waals surface area contributed by atoms with Crippen molar-refractivity contribution >= 4 is 17.7 Å². The van der Waals surface area contributed by atoms with E-state index in [0.717, 1.165) is 25.8 Å². The average Bonchev–Trinajstić information content (AvgIpc) is 3.05. The fourth-order valence-electron chi connectivity index (χ4n) is 3.27. The number of nitrogens with two attached hydrogens (primary N) is 1. The highest BCUT2D eigenvalue weighted by Crippen LogP contribution is 2.13. The molecule has 0 bridgehead atoms. The molecule has 148 valence electrons. The molecule has 8 heteroatoms. The van der Waals surface area contributed by atoms with Crippen LogP contribution in [0.2, 0.25) is 0 Å². The van der Waals surface area contributed by atoms with Crippen LogP contribution in [0.3, 0.4) is 0 Å². The summed E-state index contributed by atoms with van der Waals surface area (Å²) in [5.74, 6) is -0.842. The summed E-state index contributed by atoms with van der Waals surface area (Å²) in [7, 11) is 0. The number of carbonyl (C=O) groups excluding carboxylic acids is 3. The van der Waals surface area contributed by atoms with Crippen molar-refractivity contribution in [3.8, 4) is 5.69 Å². The van der Waals surface area contributed by atoms with Gasteiger partial charge in [-0.25, -0.2) is 4.68 Å². The molecular formula is C20H25N5O3. The van der Waals surface area contributed by atoms with Gasteiger partial charge in [0.15, 0.2) is 5.69 Å². The molecule has 0 spiro atoms. The number of aromatic nitrogens is 2. The summed E-state index contributed by atoms with van der Waals surface area (Å²) in [4.78, 5) is 38.0. The number of rotatable bonds is 7. The van der Waals surface area contributed by atoms with Gasteiger partial charge in [-0.1, -0.05) is 24.6 Å². The third-order valence-corrected chi connectivity index (χ3v) is 4.76. The maximum atomic E-state index is 12.4. The van der Waals surface area contributed by atoms with E-state index in [2.05, 4.69) is 10.4 Å². The Balaban J connectivity index is 1.58. The Morgan fingerprint density at radius 3 is 2.68 bits per heavy atom. The second-order valence-electron chi connectivity index (χ2n) is 6.83. The normalized spacial score (nSPS) is 14.6. The number of hydrogen-bond donors (Lipinski definition) is 2. The largest absolute Gasteiger partial charge is 0.364 e. The SMILES string of the molecule is NC(=O)c1cc(C(=O)NCCCN2CCCCCC2=O)nn1-c1ccccc1. The minimum absolute atomic E-state index is 0.128. The molecule has 3 rings (SSSR count). The van der Waals surface area contributed by atoms with Gasteiger partial charge in [-0.2, -0.15) is 5.10 Å². The number of para-hydroxylation sites is 1. The number of primary amides is 1. The number of carbonyl (C=O) groups is 3. The molecule has 0 saturated carbocycles. The molecule has 0 radical (unpaired) electrons. The minimum atomic E-state index is -0.657. The van der Waals surface area contributed by atoms with E-state index in [-0.39, 0.29) is 23.2 Å². The van der Waals surface area contributed by atoms with E-state index in [4.69, 9.17) is 5.73 Å². The highest BCUT2D eigenvalue weighted by atomic mass is 16.2. The topological polar surface area (TPSA) is 110 Å². The average molecular weight is 383 g/mol. The fraction of sp³-hybridized carbons (Fsp3) is 0.400. The first kappa shape index (κ1) is 19.6. The van der Waals surface area contributed by atoms with Crippen LogP contribution in [0.25, 0.3) is 5.69 Å². The summed E-state index contributed by atoms with van der Waals surface area (Å²) >= 11 is 0. The summed E-state index contributed by atoms with van der Waals surface area (Å²) in [6.07, 6.45) is 4.35. The van der Waals surface area contributed by atoms with E-state index in [0.29, 0.717) is 31.6 Å². The molecule has 1 fully saturated rings. The first-order valence-electron chi connectivity index (χ1n) is 9.57. The van der Waals surface area contributed by atoms with Gasteiger partial charge >= 0.3 is 0 Å². The maximum absolute atomic E-state index is 12.4. The molecule has 8 nitrogen and oxygen atoms in total. The first-order chi connectivity index (χ1) is 13.6. The van der Waals surface area contributed by atoms with Crippen molar-refractivity contribution in [2.24, 2.45) is 5.73 Å². The van der Waals surface area contributed by atoms with Crippen LogP contribution in [0.1, 0.15) is 53.1 Å². The molecule has 1 aliphatic heterocycles. The van der Waals surface area contributed by atoms with E-state index in [1.807, 2.05) is 23.1 Å². The molecule has 28 heavy (non-hydrogen) atoms. The van der Waals surface area contributed by atoms with Gasteiger partial charge in [0.1, 0.15) is 5.69 Å². The van der Waals surface area contributed by atoms with Crippen LogP contribution in [-0.4, -0.2) is 52.0 Å². The zero-order valence-electron chi connectivity index (χ0n) is 15.8. The molecule has 2 aromatic rings. The number of nitrogens with one attached hydrogen (secondary N) is 1. The Morgan fingerprint density at radius 1 is 1.14 bits per heavy atom. The van der Waals surface area contributed by atoms with E-state index in [1.54, 1.807) is 12.1 Å². The Kier molecular flexibility index (Phi) is 6.41. The van der Waals surface area contributed by atoms with Crippen LogP contribution in [0.4, 0.5) is 0 Å². The third-order valence-electron chi connectivity index (χ3n) is 4.76. The molecular weight excluding hydrogens is 358 g/mol. The lowest BCUT2D eigenvalue weighted by Crippen LogP contribution is -2.34. The summed E-state index contributed by atoms with van der Waals surface area (Å²) in [5.41, 5.74) is 6.35. The van der Waals surface area contributed by atoms with Crippen LogP contribution in [0.5, 0.6) is 0 Å². The number of amides is 3. The molecule has 0 atom stereocenters. The lowest BCUT2D eigenvalue weighted by Gasteiger charge is -2.20. The quantitative estimate of drug-likeness (QED) is 0.706. The standard InChI is InChI=1S/C20H25N5O3/c21-19(27)17-14-16(23-25(17)15-8-3-1-4-9-15)20(28)22-11-7-13-24-12-6-2-5-10-18(24)26/h1,3-4,8-9,14H,2,5-7,10-13H2,(H2,21,27)(H,22,28). The van der Waals surface area contributed by atoms with Crippen molar-refractivity contribution in [3.63, 3.8) is 0 Å². The van der Waals surface area contributed by atoms with Crippen molar-refractivity contribution in [3.05, 3.63) is 47.8 Å². The second-order valence-corrected chi connectivity index (χ2v) is 6.83.